The van der Waals surface area contributed by atoms with Crippen molar-refractivity contribution >= 4 is 0 Å². The highest BCUT2D eigenvalue weighted by Gasteiger charge is 2.24. The maximum atomic E-state index is 5.72. The van der Waals surface area contributed by atoms with E-state index >= 15 is 0 Å². The van der Waals surface area contributed by atoms with E-state index in [1.54, 1.807) is 0 Å². The molecule has 0 radical (unpaired) electrons. The Bertz CT molecular complexity index is 407. The number of nitrogens with zero attached hydrogens (tertiary/aromatic N) is 1. The SMILES string of the molecule is CCCCN(CC1CCCN1)C(C)c1cc(C)oc1C. The number of furan rings is 1. The zero-order valence-corrected chi connectivity index (χ0v) is 13.5. The second kappa shape index (κ2) is 7.28. The molecule has 1 N–H and O–H groups in total. The average molecular weight is 278 g/mol. The normalized spacial score (nSPS) is 20.8. The second-order valence-electron chi connectivity index (χ2n) is 6.19. The fraction of sp³-hybridized carbons (Fsp3) is 0.765. The van der Waals surface area contributed by atoms with E-state index in [9.17, 15) is 0 Å². The van der Waals surface area contributed by atoms with Gasteiger partial charge in [-0.3, -0.25) is 4.90 Å². The average Bonchev–Trinajstić information content (AvgIpc) is 3.03. The molecule has 1 aliphatic rings. The second-order valence-corrected chi connectivity index (χ2v) is 6.19. The van der Waals surface area contributed by atoms with Crippen molar-refractivity contribution in [1.82, 2.24) is 10.2 Å². The molecule has 2 unspecified atom stereocenters. The lowest BCUT2D eigenvalue weighted by Gasteiger charge is -2.31. The van der Waals surface area contributed by atoms with Gasteiger partial charge in [0.1, 0.15) is 11.5 Å². The lowest BCUT2D eigenvalue weighted by atomic mass is 10.1. The molecule has 114 valence electrons. The molecule has 1 saturated heterocycles. The van der Waals surface area contributed by atoms with Gasteiger partial charge in [0.25, 0.3) is 0 Å². The molecule has 0 amide bonds. The maximum absolute atomic E-state index is 5.72. The number of unbranched alkanes of at least 4 members (excludes halogenated alkanes) is 1. The van der Waals surface area contributed by atoms with Crippen molar-refractivity contribution in [2.24, 2.45) is 0 Å². The molecule has 20 heavy (non-hydrogen) atoms. The fourth-order valence-electron chi connectivity index (χ4n) is 3.26. The summed E-state index contributed by atoms with van der Waals surface area (Å²) in [6, 6.07) is 3.32. The smallest absolute Gasteiger partial charge is 0.105 e. The van der Waals surface area contributed by atoms with Crippen LogP contribution in [-0.4, -0.2) is 30.6 Å². The van der Waals surface area contributed by atoms with Crippen LogP contribution < -0.4 is 5.32 Å². The van der Waals surface area contributed by atoms with Crippen LogP contribution in [0.2, 0.25) is 0 Å². The van der Waals surface area contributed by atoms with E-state index < -0.39 is 0 Å². The van der Waals surface area contributed by atoms with Crippen molar-refractivity contribution in [3.63, 3.8) is 0 Å². The molecular weight excluding hydrogens is 248 g/mol. The molecule has 1 aliphatic heterocycles. The van der Waals surface area contributed by atoms with E-state index in [1.807, 2.05) is 6.92 Å². The van der Waals surface area contributed by atoms with Gasteiger partial charge in [0.2, 0.25) is 0 Å². The van der Waals surface area contributed by atoms with Crippen molar-refractivity contribution in [3.8, 4) is 0 Å². The van der Waals surface area contributed by atoms with E-state index in [1.165, 1.54) is 44.3 Å². The molecule has 2 atom stereocenters. The van der Waals surface area contributed by atoms with Gasteiger partial charge in [0.05, 0.1) is 0 Å². The molecule has 0 bridgehead atoms. The summed E-state index contributed by atoms with van der Waals surface area (Å²) in [5.41, 5.74) is 1.36. The molecule has 0 aliphatic carbocycles. The Morgan fingerprint density at radius 2 is 2.25 bits per heavy atom. The zero-order chi connectivity index (χ0) is 14.5. The molecule has 0 saturated carbocycles. The van der Waals surface area contributed by atoms with Crippen LogP contribution in [0, 0.1) is 13.8 Å². The van der Waals surface area contributed by atoms with Crippen LogP contribution in [-0.2, 0) is 0 Å². The Morgan fingerprint density at radius 1 is 1.45 bits per heavy atom. The van der Waals surface area contributed by atoms with Gasteiger partial charge < -0.3 is 9.73 Å². The number of nitrogens with one attached hydrogen (secondary N) is 1. The Labute approximate surface area is 123 Å². The van der Waals surface area contributed by atoms with Gasteiger partial charge in [-0.15, -0.1) is 0 Å². The largest absolute Gasteiger partial charge is 0.466 e. The van der Waals surface area contributed by atoms with Crippen molar-refractivity contribution in [3.05, 3.63) is 23.2 Å². The van der Waals surface area contributed by atoms with Crippen LogP contribution in [0.15, 0.2) is 10.5 Å². The molecular formula is C17H30N2O. The van der Waals surface area contributed by atoms with Gasteiger partial charge in [0.15, 0.2) is 0 Å². The molecule has 2 heterocycles. The third kappa shape index (κ3) is 3.86. The van der Waals surface area contributed by atoms with Crippen LogP contribution in [0.4, 0.5) is 0 Å². The summed E-state index contributed by atoms with van der Waals surface area (Å²) in [5, 5.41) is 3.62. The van der Waals surface area contributed by atoms with Gasteiger partial charge in [-0.25, -0.2) is 0 Å². The number of rotatable bonds is 7. The van der Waals surface area contributed by atoms with Crippen LogP contribution in [0.1, 0.15) is 62.7 Å². The van der Waals surface area contributed by atoms with Crippen LogP contribution in [0.5, 0.6) is 0 Å². The van der Waals surface area contributed by atoms with Gasteiger partial charge >= 0.3 is 0 Å². The number of aryl methyl sites for hydroxylation is 2. The Hall–Kier alpha value is -0.800. The Kier molecular flexibility index (Phi) is 5.67. The maximum Gasteiger partial charge on any atom is 0.105 e. The summed E-state index contributed by atoms with van der Waals surface area (Å²) in [7, 11) is 0. The van der Waals surface area contributed by atoms with E-state index in [0.29, 0.717) is 12.1 Å². The van der Waals surface area contributed by atoms with Crippen LogP contribution >= 0.6 is 0 Å². The Morgan fingerprint density at radius 3 is 2.80 bits per heavy atom. The first kappa shape index (κ1) is 15.6. The third-order valence-electron chi connectivity index (χ3n) is 4.49. The summed E-state index contributed by atoms with van der Waals surface area (Å²) in [4.78, 5) is 2.63. The first-order valence-electron chi connectivity index (χ1n) is 8.16. The summed E-state index contributed by atoms with van der Waals surface area (Å²) in [6.07, 6.45) is 5.17. The molecule has 1 aromatic rings. The minimum Gasteiger partial charge on any atom is -0.466 e. The van der Waals surface area contributed by atoms with E-state index in [-0.39, 0.29) is 0 Å². The van der Waals surface area contributed by atoms with E-state index in [4.69, 9.17) is 4.42 Å². The first-order chi connectivity index (χ1) is 9.61. The van der Waals surface area contributed by atoms with Gasteiger partial charge in [-0.05, 0) is 59.2 Å². The lowest BCUT2D eigenvalue weighted by Crippen LogP contribution is -2.39. The number of hydrogen-bond donors (Lipinski definition) is 1. The predicted octanol–water partition coefficient (Wildman–Crippen LogP) is 3.81. The standard InChI is InChI=1S/C17H30N2O/c1-5-6-10-19(12-16-8-7-9-18-16)14(3)17-11-13(2)20-15(17)4/h11,14,16,18H,5-10,12H2,1-4H3. The number of hydrogen-bond acceptors (Lipinski definition) is 3. The monoisotopic (exact) mass is 278 g/mol. The van der Waals surface area contributed by atoms with Crippen LogP contribution in [0.3, 0.4) is 0 Å². The van der Waals surface area contributed by atoms with Crippen molar-refractivity contribution in [2.75, 3.05) is 19.6 Å². The van der Waals surface area contributed by atoms with Gasteiger partial charge in [-0.2, -0.15) is 0 Å². The molecule has 1 aromatic heterocycles. The molecule has 1 fully saturated rings. The summed E-state index contributed by atoms with van der Waals surface area (Å²) >= 11 is 0. The summed E-state index contributed by atoms with van der Waals surface area (Å²) < 4.78 is 5.72. The fourth-order valence-corrected chi connectivity index (χ4v) is 3.26. The molecule has 3 heteroatoms. The molecule has 0 aromatic carbocycles. The minimum absolute atomic E-state index is 0.446. The topological polar surface area (TPSA) is 28.4 Å². The minimum atomic E-state index is 0.446. The zero-order valence-electron chi connectivity index (χ0n) is 13.5. The first-order valence-corrected chi connectivity index (χ1v) is 8.16. The van der Waals surface area contributed by atoms with Crippen molar-refractivity contribution in [2.45, 2.75) is 65.5 Å². The van der Waals surface area contributed by atoms with Crippen molar-refractivity contribution < 1.29 is 4.42 Å². The van der Waals surface area contributed by atoms with E-state index in [2.05, 4.69) is 37.1 Å². The predicted molar refractivity (Wildman–Crippen MR) is 84.1 cm³/mol. The van der Waals surface area contributed by atoms with Gasteiger partial charge in [0, 0.05) is 24.2 Å². The van der Waals surface area contributed by atoms with Crippen LogP contribution in [0.25, 0.3) is 0 Å². The third-order valence-corrected chi connectivity index (χ3v) is 4.49. The highest BCUT2D eigenvalue weighted by atomic mass is 16.3. The highest BCUT2D eigenvalue weighted by Crippen LogP contribution is 2.27. The van der Waals surface area contributed by atoms with Crippen molar-refractivity contribution in [1.29, 1.82) is 0 Å². The highest BCUT2D eigenvalue weighted by molar-refractivity contribution is 5.23. The lowest BCUT2D eigenvalue weighted by molar-refractivity contribution is 0.188. The van der Waals surface area contributed by atoms with Gasteiger partial charge in [-0.1, -0.05) is 13.3 Å². The summed E-state index contributed by atoms with van der Waals surface area (Å²) in [5.74, 6) is 2.11. The molecule has 0 spiro atoms. The quantitative estimate of drug-likeness (QED) is 0.822. The molecule has 3 nitrogen and oxygen atoms in total. The summed E-state index contributed by atoms with van der Waals surface area (Å²) in [6.45, 7) is 12.2. The molecule has 2 rings (SSSR count). The Balaban J connectivity index is 2.05. The van der Waals surface area contributed by atoms with E-state index in [0.717, 1.165) is 18.1 Å².